The zero-order valence-corrected chi connectivity index (χ0v) is 22.2. The first kappa shape index (κ1) is 26.9. The van der Waals surface area contributed by atoms with Gasteiger partial charge < -0.3 is 10.6 Å². The van der Waals surface area contributed by atoms with Crippen molar-refractivity contribution in [3.63, 3.8) is 0 Å². The van der Waals surface area contributed by atoms with E-state index in [2.05, 4.69) is 73.0 Å². The molecule has 0 fully saturated rings. The Morgan fingerprint density at radius 1 is 0.526 bits per heavy atom. The van der Waals surface area contributed by atoms with E-state index in [0.29, 0.717) is 25.7 Å². The van der Waals surface area contributed by atoms with Gasteiger partial charge in [-0.2, -0.15) is 0 Å². The molecule has 2 atom stereocenters. The van der Waals surface area contributed by atoms with Crippen LogP contribution in [0.4, 0.5) is 0 Å². The van der Waals surface area contributed by atoms with Gasteiger partial charge in [0.05, 0.1) is 12.1 Å². The summed E-state index contributed by atoms with van der Waals surface area (Å²) in [5.74, 6) is -0.0940. The first-order valence-electron chi connectivity index (χ1n) is 13.3. The maximum absolute atomic E-state index is 13.2. The lowest BCUT2D eigenvalue weighted by molar-refractivity contribution is -0.124. The predicted octanol–water partition coefficient (Wildman–Crippen LogP) is 6.58. The van der Waals surface area contributed by atoms with Crippen molar-refractivity contribution in [2.24, 2.45) is 0 Å². The van der Waals surface area contributed by atoms with Crippen molar-refractivity contribution in [1.29, 1.82) is 0 Å². The highest BCUT2D eigenvalue weighted by Gasteiger charge is 2.28. The number of hydrogen-bond donors (Lipinski definition) is 2. The van der Waals surface area contributed by atoms with Crippen LogP contribution in [0.5, 0.6) is 0 Å². The summed E-state index contributed by atoms with van der Waals surface area (Å²) in [5, 5.41) is 6.49. The van der Waals surface area contributed by atoms with Gasteiger partial charge in [0.25, 0.3) is 0 Å². The molecular weight excluding hydrogens is 468 g/mol. The lowest BCUT2D eigenvalue weighted by atomic mass is 9.92. The molecule has 0 heterocycles. The van der Waals surface area contributed by atoms with E-state index in [1.54, 1.807) is 0 Å². The fraction of sp³-hybridized carbons (Fsp3) is 0.235. The number of amides is 2. The van der Waals surface area contributed by atoms with Crippen molar-refractivity contribution in [3.05, 3.63) is 143 Å². The minimum Gasteiger partial charge on any atom is -0.347 e. The van der Waals surface area contributed by atoms with Gasteiger partial charge >= 0.3 is 0 Å². The van der Waals surface area contributed by atoms with Gasteiger partial charge in [-0.15, -0.1) is 0 Å². The Kier molecular flexibility index (Phi) is 9.47. The predicted molar refractivity (Wildman–Crippen MR) is 154 cm³/mol. The molecule has 0 bridgehead atoms. The highest BCUT2D eigenvalue weighted by Crippen LogP contribution is 2.29. The Labute approximate surface area is 226 Å². The molecule has 4 aromatic rings. The van der Waals surface area contributed by atoms with Crippen molar-refractivity contribution in [2.75, 3.05) is 0 Å². The molecule has 0 unspecified atom stereocenters. The number of benzene rings is 4. The second-order valence-corrected chi connectivity index (χ2v) is 9.88. The summed E-state index contributed by atoms with van der Waals surface area (Å²) in [6, 6.07) is 35.5. The van der Waals surface area contributed by atoms with Gasteiger partial charge in [0, 0.05) is 12.8 Å². The van der Waals surface area contributed by atoms with Crippen LogP contribution in [0.25, 0.3) is 0 Å². The minimum absolute atomic E-state index is 0.0470. The van der Waals surface area contributed by atoms with E-state index < -0.39 is 12.1 Å². The Morgan fingerprint density at radius 2 is 0.868 bits per heavy atom. The quantitative estimate of drug-likeness (QED) is 0.242. The van der Waals surface area contributed by atoms with Gasteiger partial charge in [0.15, 0.2) is 0 Å². The lowest BCUT2D eigenvalue weighted by Crippen LogP contribution is -2.41. The van der Waals surface area contributed by atoms with Crippen molar-refractivity contribution < 1.29 is 9.59 Å². The Bertz CT molecular complexity index is 1200. The summed E-state index contributed by atoms with van der Waals surface area (Å²) in [4.78, 5) is 26.4. The lowest BCUT2D eigenvalue weighted by Gasteiger charge is -2.30. The maximum Gasteiger partial charge on any atom is 0.220 e. The van der Waals surface area contributed by atoms with E-state index in [4.69, 9.17) is 0 Å². The van der Waals surface area contributed by atoms with Crippen molar-refractivity contribution in [2.45, 2.75) is 51.6 Å². The molecule has 4 aromatic carbocycles. The van der Waals surface area contributed by atoms with Crippen LogP contribution >= 0.6 is 0 Å². The molecule has 2 N–H and O–H groups in total. The van der Waals surface area contributed by atoms with Crippen LogP contribution in [0.3, 0.4) is 0 Å². The second-order valence-electron chi connectivity index (χ2n) is 9.88. The summed E-state index contributed by atoms with van der Waals surface area (Å²) in [6.07, 6.45) is 2.06. The number of rotatable bonds is 11. The molecule has 0 saturated heterocycles. The van der Waals surface area contributed by atoms with Crippen LogP contribution in [0.15, 0.2) is 109 Å². The molecule has 4 heteroatoms. The SMILES string of the molecule is Cc1ccc(CCC(=O)N[C@H](c2ccccc2)[C@H](NC(=O)CCc2ccc(C)cc2)c2ccccc2)cc1. The van der Waals surface area contributed by atoms with Crippen molar-refractivity contribution in [1.82, 2.24) is 10.6 Å². The summed E-state index contributed by atoms with van der Waals surface area (Å²) >= 11 is 0. The molecule has 194 valence electrons. The van der Waals surface area contributed by atoms with E-state index >= 15 is 0 Å². The molecule has 0 aliphatic heterocycles. The minimum atomic E-state index is -0.410. The van der Waals surface area contributed by atoms with E-state index in [9.17, 15) is 9.59 Å². The standard InChI is InChI=1S/C34H36N2O2/c1-25-13-17-27(18-14-25)21-23-31(37)35-33(29-9-5-3-6-10-29)34(30-11-7-4-8-12-30)36-32(38)24-22-28-19-15-26(2)16-20-28/h3-20,33-34H,21-24H2,1-2H3,(H,35,37)(H,36,38)/t33-,34-/m1/s1. The van der Waals surface area contributed by atoms with Gasteiger partial charge in [-0.1, -0.05) is 120 Å². The van der Waals surface area contributed by atoms with Crippen molar-refractivity contribution >= 4 is 11.8 Å². The molecular formula is C34H36N2O2. The van der Waals surface area contributed by atoms with E-state index in [1.165, 1.54) is 11.1 Å². The first-order valence-corrected chi connectivity index (χ1v) is 13.3. The highest BCUT2D eigenvalue weighted by atomic mass is 16.2. The third kappa shape index (κ3) is 7.91. The molecule has 0 saturated carbocycles. The summed E-state index contributed by atoms with van der Waals surface area (Å²) in [7, 11) is 0. The molecule has 0 radical (unpaired) electrons. The molecule has 0 aliphatic rings. The number of aryl methyl sites for hydroxylation is 4. The number of carbonyl (C=O) groups excluding carboxylic acids is 2. The Balaban J connectivity index is 1.52. The number of nitrogens with one attached hydrogen (secondary N) is 2. The van der Waals surface area contributed by atoms with Crippen LogP contribution in [-0.2, 0) is 22.4 Å². The molecule has 2 amide bonds. The first-order chi connectivity index (χ1) is 18.5. The van der Waals surface area contributed by atoms with Crippen LogP contribution in [0, 0.1) is 13.8 Å². The van der Waals surface area contributed by atoms with Gasteiger partial charge in [-0.05, 0) is 48.9 Å². The Hall–Kier alpha value is -4.18. The van der Waals surface area contributed by atoms with Gasteiger partial charge in [0.2, 0.25) is 11.8 Å². The van der Waals surface area contributed by atoms with Crippen LogP contribution < -0.4 is 10.6 Å². The zero-order valence-electron chi connectivity index (χ0n) is 22.2. The Morgan fingerprint density at radius 3 is 1.21 bits per heavy atom. The molecule has 4 nitrogen and oxygen atoms in total. The summed E-state index contributed by atoms with van der Waals surface area (Å²) in [6.45, 7) is 4.11. The molecule has 38 heavy (non-hydrogen) atoms. The molecule has 0 aliphatic carbocycles. The topological polar surface area (TPSA) is 58.2 Å². The summed E-state index contributed by atoms with van der Waals surface area (Å²) < 4.78 is 0. The molecule has 4 rings (SSSR count). The largest absolute Gasteiger partial charge is 0.347 e. The normalized spacial score (nSPS) is 12.4. The summed E-state index contributed by atoms with van der Waals surface area (Å²) in [5.41, 5.74) is 6.56. The van der Waals surface area contributed by atoms with Crippen molar-refractivity contribution in [3.8, 4) is 0 Å². The highest BCUT2D eigenvalue weighted by molar-refractivity contribution is 5.78. The second kappa shape index (κ2) is 13.4. The maximum atomic E-state index is 13.2. The smallest absolute Gasteiger partial charge is 0.220 e. The van der Waals surface area contributed by atoms with Gasteiger partial charge in [-0.3, -0.25) is 9.59 Å². The third-order valence-electron chi connectivity index (χ3n) is 6.81. The number of carbonyl (C=O) groups is 2. The van der Waals surface area contributed by atoms with Crippen LogP contribution in [-0.4, -0.2) is 11.8 Å². The fourth-order valence-corrected chi connectivity index (χ4v) is 4.56. The van der Waals surface area contributed by atoms with E-state index in [1.807, 2.05) is 60.7 Å². The molecule has 0 aromatic heterocycles. The van der Waals surface area contributed by atoms with E-state index in [-0.39, 0.29) is 11.8 Å². The van der Waals surface area contributed by atoms with Crippen LogP contribution in [0.2, 0.25) is 0 Å². The van der Waals surface area contributed by atoms with E-state index in [0.717, 1.165) is 22.3 Å². The van der Waals surface area contributed by atoms with Crippen LogP contribution in [0.1, 0.15) is 58.3 Å². The third-order valence-corrected chi connectivity index (χ3v) is 6.81. The number of hydrogen-bond acceptors (Lipinski definition) is 2. The fourth-order valence-electron chi connectivity index (χ4n) is 4.56. The molecule has 0 spiro atoms. The average molecular weight is 505 g/mol. The van der Waals surface area contributed by atoms with Gasteiger partial charge in [-0.25, -0.2) is 0 Å². The monoisotopic (exact) mass is 504 g/mol. The van der Waals surface area contributed by atoms with Gasteiger partial charge in [0.1, 0.15) is 0 Å². The zero-order chi connectivity index (χ0) is 26.7. The average Bonchev–Trinajstić information content (AvgIpc) is 2.95.